The summed E-state index contributed by atoms with van der Waals surface area (Å²) < 4.78 is 0. The fourth-order valence-electron chi connectivity index (χ4n) is 3.44. The number of nitrogens with zero attached hydrogens (tertiary/aromatic N) is 1. The molecule has 0 unspecified atom stereocenters. The summed E-state index contributed by atoms with van der Waals surface area (Å²) in [6.07, 6.45) is -0.260. The van der Waals surface area contributed by atoms with E-state index >= 15 is 0 Å². The molecule has 2 amide bonds. The first-order valence-corrected chi connectivity index (χ1v) is 9.43. The second kappa shape index (κ2) is 8.06. The maximum atomic E-state index is 13.1. The summed E-state index contributed by atoms with van der Waals surface area (Å²) in [5.41, 5.74) is 2.66. The highest BCUT2D eigenvalue weighted by Gasteiger charge is 2.32. The standard InChI is InChI=1S/C23H21N3O3/c27-20-13-7-6-12-19(20)24-21(28)14-15-26-22(16-8-2-1-3-9-16)25-18-11-5-4-10-17(18)23(26)29/h1-13,22,25,27H,14-15H2,(H,24,28)/t22-/m1/s1. The Morgan fingerprint density at radius 2 is 1.66 bits per heavy atom. The van der Waals surface area contributed by atoms with Crippen LogP contribution < -0.4 is 10.6 Å². The number of aromatic hydroxyl groups is 1. The van der Waals surface area contributed by atoms with Gasteiger partial charge in [-0.1, -0.05) is 54.6 Å². The first-order valence-electron chi connectivity index (χ1n) is 9.43. The number of phenols is 1. The molecule has 0 saturated heterocycles. The number of carbonyl (C=O) groups is 2. The predicted octanol–water partition coefficient (Wildman–Crippen LogP) is 3.99. The van der Waals surface area contributed by atoms with Crippen LogP contribution in [0.15, 0.2) is 78.9 Å². The smallest absolute Gasteiger partial charge is 0.257 e. The number of hydrogen-bond donors (Lipinski definition) is 3. The Kier molecular flexibility index (Phi) is 5.16. The summed E-state index contributed by atoms with van der Waals surface area (Å²) in [7, 11) is 0. The lowest BCUT2D eigenvalue weighted by atomic mass is 10.0. The van der Waals surface area contributed by atoms with Crippen molar-refractivity contribution in [1.29, 1.82) is 0 Å². The topological polar surface area (TPSA) is 81.7 Å². The fraction of sp³-hybridized carbons (Fsp3) is 0.130. The Morgan fingerprint density at radius 1 is 0.966 bits per heavy atom. The van der Waals surface area contributed by atoms with Gasteiger partial charge in [0, 0.05) is 18.7 Å². The summed E-state index contributed by atoms with van der Waals surface area (Å²) in [5, 5.41) is 15.9. The van der Waals surface area contributed by atoms with Gasteiger partial charge in [0.2, 0.25) is 5.91 Å². The molecule has 6 heteroatoms. The molecule has 146 valence electrons. The van der Waals surface area contributed by atoms with Crippen molar-refractivity contribution in [1.82, 2.24) is 4.90 Å². The van der Waals surface area contributed by atoms with Gasteiger partial charge in [-0.15, -0.1) is 0 Å². The zero-order valence-corrected chi connectivity index (χ0v) is 15.7. The van der Waals surface area contributed by atoms with Crippen molar-refractivity contribution in [3.63, 3.8) is 0 Å². The van der Waals surface area contributed by atoms with E-state index in [1.54, 1.807) is 29.2 Å². The van der Waals surface area contributed by atoms with Crippen LogP contribution in [0.1, 0.15) is 28.5 Å². The number of fused-ring (bicyclic) bond motifs is 1. The third kappa shape index (κ3) is 3.91. The number of para-hydroxylation sites is 3. The van der Waals surface area contributed by atoms with Crippen molar-refractivity contribution < 1.29 is 14.7 Å². The first-order chi connectivity index (χ1) is 14.1. The Morgan fingerprint density at radius 3 is 2.45 bits per heavy atom. The van der Waals surface area contributed by atoms with Gasteiger partial charge in [-0.25, -0.2) is 0 Å². The average molecular weight is 387 g/mol. The van der Waals surface area contributed by atoms with Crippen molar-refractivity contribution >= 4 is 23.2 Å². The molecule has 3 N–H and O–H groups in total. The van der Waals surface area contributed by atoms with Gasteiger partial charge in [0.1, 0.15) is 11.9 Å². The van der Waals surface area contributed by atoms with E-state index in [4.69, 9.17) is 0 Å². The minimum atomic E-state index is -0.364. The van der Waals surface area contributed by atoms with E-state index in [1.807, 2.05) is 48.5 Å². The summed E-state index contributed by atoms with van der Waals surface area (Å²) in [6, 6.07) is 23.6. The molecule has 0 saturated carbocycles. The minimum Gasteiger partial charge on any atom is -0.506 e. The Hall–Kier alpha value is -3.80. The molecule has 0 aromatic heterocycles. The molecule has 3 aromatic rings. The van der Waals surface area contributed by atoms with E-state index in [0.29, 0.717) is 11.3 Å². The van der Waals surface area contributed by atoms with Crippen LogP contribution >= 0.6 is 0 Å². The predicted molar refractivity (Wildman–Crippen MR) is 112 cm³/mol. The third-order valence-corrected chi connectivity index (χ3v) is 4.90. The van der Waals surface area contributed by atoms with Crippen molar-refractivity contribution in [2.75, 3.05) is 17.2 Å². The van der Waals surface area contributed by atoms with Crippen LogP contribution in [0.2, 0.25) is 0 Å². The fourth-order valence-corrected chi connectivity index (χ4v) is 3.44. The van der Waals surface area contributed by atoms with Gasteiger partial charge < -0.3 is 20.6 Å². The van der Waals surface area contributed by atoms with Gasteiger partial charge in [-0.3, -0.25) is 9.59 Å². The largest absolute Gasteiger partial charge is 0.506 e. The van der Waals surface area contributed by atoms with E-state index in [0.717, 1.165) is 11.3 Å². The monoisotopic (exact) mass is 387 g/mol. The number of hydrogen-bond acceptors (Lipinski definition) is 4. The van der Waals surface area contributed by atoms with Crippen LogP contribution in [0.25, 0.3) is 0 Å². The molecule has 0 spiro atoms. The molecule has 3 aromatic carbocycles. The number of phenolic OH excluding ortho intramolecular Hbond substituents is 1. The van der Waals surface area contributed by atoms with Crippen LogP contribution in [0.4, 0.5) is 11.4 Å². The van der Waals surface area contributed by atoms with Crippen molar-refractivity contribution in [3.05, 3.63) is 90.0 Å². The molecule has 0 bridgehead atoms. The zero-order valence-electron chi connectivity index (χ0n) is 15.7. The average Bonchev–Trinajstić information content (AvgIpc) is 2.75. The first kappa shape index (κ1) is 18.6. The molecule has 1 atom stereocenters. The summed E-state index contributed by atoms with van der Waals surface area (Å²) in [4.78, 5) is 27.2. The highest BCUT2D eigenvalue weighted by atomic mass is 16.3. The van der Waals surface area contributed by atoms with E-state index < -0.39 is 0 Å². The van der Waals surface area contributed by atoms with E-state index in [9.17, 15) is 14.7 Å². The zero-order chi connectivity index (χ0) is 20.2. The number of carbonyl (C=O) groups excluding carboxylic acids is 2. The molecule has 1 aliphatic rings. The summed E-state index contributed by atoms with van der Waals surface area (Å²) in [6.45, 7) is 0.235. The Labute approximate surface area is 168 Å². The van der Waals surface area contributed by atoms with Gasteiger partial charge in [0.05, 0.1) is 11.3 Å². The SMILES string of the molecule is O=C(CCN1C(=O)c2ccccc2N[C@H]1c1ccccc1)Nc1ccccc1O. The molecule has 6 nitrogen and oxygen atoms in total. The van der Waals surface area contributed by atoms with Crippen molar-refractivity contribution in [3.8, 4) is 5.75 Å². The molecule has 0 fully saturated rings. The van der Waals surface area contributed by atoms with Crippen LogP contribution in [0, 0.1) is 0 Å². The number of amides is 2. The second-order valence-corrected chi connectivity index (χ2v) is 6.82. The van der Waals surface area contributed by atoms with Gasteiger partial charge in [0.25, 0.3) is 5.91 Å². The quantitative estimate of drug-likeness (QED) is 0.578. The highest BCUT2D eigenvalue weighted by molar-refractivity contribution is 6.02. The summed E-state index contributed by atoms with van der Waals surface area (Å²) >= 11 is 0. The molecule has 0 radical (unpaired) electrons. The molecule has 4 rings (SSSR count). The van der Waals surface area contributed by atoms with E-state index in [-0.39, 0.29) is 36.7 Å². The molecule has 29 heavy (non-hydrogen) atoms. The van der Waals surface area contributed by atoms with Gasteiger partial charge in [-0.05, 0) is 29.8 Å². The summed E-state index contributed by atoms with van der Waals surface area (Å²) in [5.74, 6) is -0.388. The number of benzene rings is 3. The normalized spacial score (nSPS) is 15.4. The van der Waals surface area contributed by atoms with E-state index in [2.05, 4.69) is 10.6 Å². The van der Waals surface area contributed by atoms with Crippen molar-refractivity contribution in [2.45, 2.75) is 12.6 Å². The second-order valence-electron chi connectivity index (χ2n) is 6.82. The minimum absolute atomic E-state index is 0.00709. The van der Waals surface area contributed by atoms with Gasteiger partial charge in [-0.2, -0.15) is 0 Å². The van der Waals surface area contributed by atoms with Gasteiger partial charge in [0.15, 0.2) is 0 Å². The van der Waals surface area contributed by atoms with Gasteiger partial charge >= 0.3 is 0 Å². The van der Waals surface area contributed by atoms with Crippen LogP contribution in [-0.4, -0.2) is 28.4 Å². The number of anilines is 2. The number of nitrogens with one attached hydrogen (secondary N) is 2. The van der Waals surface area contributed by atoms with E-state index in [1.165, 1.54) is 6.07 Å². The molecular weight excluding hydrogens is 366 g/mol. The van der Waals surface area contributed by atoms with Crippen LogP contribution in [0.5, 0.6) is 5.75 Å². The molecular formula is C23H21N3O3. The lowest BCUT2D eigenvalue weighted by molar-refractivity contribution is -0.116. The lowest BCUT2D eigenvalue weighted by Gasteiger charge is -2.38. The Balaban J connectivity index is 1.54. The van der Waals surface area contributed by atoms with Crippen LogP contribution in [-0.2, 0) is 4.79 Å². The van der Waals surface area contributed by atoms with Crippen LogP contribution in [0.3, 0.4) is 0 Å². The maximum Gasteiger partial charge on any atom is 0.257 e. The Bertz CT molecular complexity index is 1040. The highest BCUT2D eigenvalue weighted by Crippen LogP contribution is 2.33. The lowest BCUT2D eigenvalue weighted by Crippen LogP contribution is -2.44. The molecule has 1 heterocycles. The third-order valence-electron chi connectivity index (χ3n) is 4.90. The maximum absolute atomic E-state index is 13.1. The molecule has 0 aliphatic carbocycles. The van der Waals surface area contributed by atoms with Crippen molar-refractivity contribution in [2.24, 2.45) is 0 Å². The molecule has 1 aliphatic heterocycles. The number of rotatable bonds is 5.